The van der Waals surface area contributed by atoms with Crippen molar-refractivity contribution in [3.8, 4) is 0 Å². The van der Waals surface area contributed by atoms with Crippen LogP contribution in [0.3, 0.4) is 0 Å². The van der Waals surface area contributed by atoms with E-state index < -0.39 is 11.9 Å². The fraction of sp³-hybridized carbons (Fsp3) is 0.136. The molecule has 0 aliphatic rings. The molecular weight excluding hydrogens is 455 g/mol. The highest BCUT2D eigenvalue weighted by Crippen LogP contribution is 2.21. The van der Waals surface area contributed by atoms with Crippen molar-refractivity contribution in [2.75, 3.05) is 6.61 Å². The maximum atomic E-state index is 13.0. The minimum Gasteiger partial charge on any atom is -0.462 e. The Morgan fingerprint density at radius 1 is 1.12 bits per heavy atom. The lowest BCUT2D eigenvalue weighted by Crippen LogP contribution is -2.31. The molecule has 32 heavy (non-hydrogen) atoms. The van der Waals surface area contributed by atoms with Crippen LogP contribution in [-0.4, -0.2) is 32.4 Å². The first-order valence-corrected chi connectivity index (χ1v) is 10.3. The number of fused-ring (bicyclic) bond motifs is 2. The molecule has 0 atom stereocenters. The molecule has 0 N–H and O–H groups in total. The Balaban J connectivity index is 2.06. The second-order valence-electron chi connectivity index (χ2n) is 6.79. The molecule has 0 bridgehead atoms. The number of hydrogen-bond donors (Lipinski definition) is 0. The largest absolute Gasteiger partial charge is 0.462 e. The quantitative estimate of drug-likeness (QED) is 0.337. The van der Waals surface area contributed by atoms with Crippen molar-refractivity contribution in [1.82, 2.24) is 14.0 Å². The molecule has 0 aliphatic heterocycles. The van der Waals surface area contributed by atoms with E-state index in [2.05, 4.69) is 9.98 Å². The average Bonchev–Trinajstić information content (AvgIpc) is 2.76. The molecule has 0 spiro atoms. The van der Waals surface area contributed by atoms with Crippen LogP contribution in [0.4, 0.5) is 0 Å². The molecule has 4 aromatic rings. The average molecular weight is 471 g/mol. The van der Waals surface area contributed by atoms with Crippen LogP contribution in [0.5, 0.6) is 0 Å². The van der Waals surface area contributed by atoms with E-state index in [0.29, 0.717) is 10.7 Å². The smallest absolute Gasteiger partial charge is 0.341 e. The van der Waals surface area contributed by atoms with Gasteiger partial charge in [-0.05, 0) is 43.3 Å². The molecule has 0 saturated carbocycles. The Morgan fingerprint density at radius 3 is 2.62 bits per heavy atom. The van der Waals surface area contributed by atoms with E-state index >= 15 is 0 Å². The van der Waals surface area contributed by atoms with Gasteiger partial charge < -0.3 is 9.30 Å². The lowest BCUT2D eigenvalue weighted by molar-refractivity contribution is 0.0523. The fourth-order valence-corrected chi connectivity index (χ4v) is 3.77. The molecule has 3 heterocycles. The molecule has 0 saturated heterocycles. The highest BCUT2D eigenvalue weighted by molar-refractivity contribution is 6.36. The molecule has 10 heteroatoms. The molecule has 162 valence electrons. The van der Waals surface area contributed by atoms with Gasteiger partial charge in [-0.3, -0.25) is 14.0 Å². The molecule has 3 aromatic heterocycles. The molecule has 8 nitrogen and oxygen atoms in total. The lowest BCUT2D eigenvalue weighted by Gasteiger charge is -2.11. The van der Waals surface area contributed by atoms with Crippen LogP contribution in [-0.2, 0) is 11.8 Å². The second kappa shape index (κ2) is 8.57. The highest BCUT2D eigenvalue weighted by atomic mass is 35.5. The van der Waals surface area contributed by atoms with Crippen molar-refractivity contribution in [2.24, 2.45) is 12.0 Å². The maximum absolute atomic E-state index is 13.0. The number of aryl methyl sites for hydroxylation is 1. The number of nitrogens with zero attached hydrogens (tertiary/aromatic N) is 4. The summed E-state index contributed by atoms with van der Waals surface area (Å²) in [5.41, 5.74) is 0.336. The van der Waals surface area contributed by atoms with E-state index in [-0.39, 0.29) is 44.8 Å². The third-order valence-electron chi connectivity index (χ3n) is 4.78. The Labute approximate surface area is 191 Å². The molecule has 0 radical (unpaired) electrons. The number of ether oxygens (including phenoxy) is 1. The van der Waals surface area contributed by atoms with Gasteiger partial charge in [0.2, 0.25) is 0 Å². The van der Waals surface area contributed by atoms with Crippen LogP contribution in [0.1, 0.15) is 27.6 Å². The summed E-state index contributed by atoms with van der Waals surface area (Å²) < 4.78 is 7.91. The number of pyridine rings is 2. The Bertz CT molecular complexity index is 1540. The van der Waals surface area contributed by atoms with Crippen LogP contribution in [0.15, 0.2) is 58.4 Å². The van der Waals surface area contributed by atoms with Gasteiger partial charge in [-0.25, -0.2) is 9.78 Å². The Hall–Kier alpha value is -3.49. The molecular formula is C22H16Cl2N4O4. The molecule has 0 unspecified atom stereocenters. The predicted molar refractivity (Wildman–Crippen MR) is 120 cm³/mol. The van der Waals surface area contributed by atoms with Crippen LogP contribution >= 0.6 is 23.2 Å². The van der Waals surface area contributed by atoms with Gasteiger partial charge >= 0.3 is 5.97 Å². The zero-order valence-corrected chi connectivity index (χ0v) is 18.5. The van der Waals surface area contributed by atoms with E-state index in [9.17, 15) is 14.4 Å². The number of rotatable bonds is 3. The van der Waals surface area contributed by atoms with Crippen LogP contribution in [0.2, 0.25) is 10.0 Å². The van der Waals surface area contributed by atoms with Crippen LogP contribution in [0.25, 0.3) is 16.7 Å². The zero-order chi connectivity index (χ0) is 23.0. The first-order valence-electron chi connectivity index (χ1n) is 9.54. The number of carbonyl (C=O) groups excluding carboxylic acids is 2. The minimum absolute atomic E-state index is 0.0147. The molecule has 0 aliphatic carbocycles. The van der Waals surface area contributed by atoms with Gasteiger partial charge in [-0.15, -0.1) is 0 Å². The normalized spacial score (nSPS) is 11.8. The number of esters is 1. The monoisotopic (exact) mass is 470 g/mol. The SMILES string of the molecule is CCOC(=O)c1cc2c(=O)n3ccccc3nc2n(C)c1=NC(=O)c1ccc(Cl)cc1Cl. The van der Waals surface area contributed by atoms with Crippen molar-refractivity contribution in [1.29, 1.82) is 0 Å². The molecule has 1 aromatic carbocycles. The van der Waals surface area contributed by atoms with Gasteiger partial charge in [0.05, 0.1) is 22.6 Å². The van der Waals surface area contributed by atoms with Gasteiger partial charge in [-0.2, -0.15) is 4.99 Å². The van der Waals surface area contributed by atoms with Gasteiger partial charge in [0.1, 0.15) is 16.9 Å². The lowest BCUT2D eigenvalue weighted by atomic mass is 10.2. The first-order chi connectivity index (χ1) is 15.3. The van der Waals surface area contributed by atoms with E-state index in [0.717, 1.165) is 0 Å². The fourth-order valence-electron chi connectivity index (χ4n) is 3.28. The number of benzene rings is 1. The Morgan fingerprint density at radius 2 is 1.91 bits per heavy atom. The van der Waals surface area contributed by atoms with E-state index in [1.807, 2.05) is 0 Å². The van der Waals surface area contributed by atoms with Crippen molar-refractivity contribution >= 4 is 51.8 Å². The van der Waals surface area contributed by atoms with Crippen molar-refractivity contribution in [3.63, 3.8) is 0 Å². The van der Waals surface area contributed by atoms with Crippen LogP contribution in [0, 0.1) is 0 Å². The third-order valence-corrected chi connectivity index (χ3v) is 5.33. The summed E-state index contributed by atoms with van der Waals surface area (Å²) in [6, 6.07) is 10.8. The summed E-state index contributed by atoms with van der Waals surface area (Å²) in [6.07, 6.45) is 1.58. The van der Waals surface area contributed by atoms with E-state index in [1.165, 1.54) is 33.2 Å². The topological polar surface area (TPSA) is 95.0 Å². The minimum atomic E-state index is -0.726. The van der Waals surface area contributed by atoms with Gasteiger partial charge in [-0.1, -0.05) is 29.3 Å². The summed E-state index contributed by atoms with van der Waals surface area (Å²) in [7, 11) is 1.56. The van der Waals surface area contributed by atoms with Gasteiger partial charge in [0.25, 0.3) is 11.5 Å². The van der Waals surface area contributed by atoms with E-state index in [4.69, 9.17) is 27.9 Å². The molecule has 1 amide bonds. The maximum Gasteiger partial charge on any atom is 0.341 e. The van der Waals surface area contributed by atoms with Gasteiger partial charge in [0, 0.05) is 18.3 Å². The summed E-state index contributed by atoms with van der Waals surface area (Å²) in [5, 5.41) is 0.663. The number of halogens is 2. The number of carbonyl (C=O) groups is 2. The summed E-state index contributed by atoms with van der Waals surface area (Å²) in [6.45, 7) is 1.75. The number of amides is 1. The summed E-state index contributed by atoms with van der Waals surface area (Å²) in [5.74, 6) is -1.42. The van der Waals surface area contributed by atoms with Crippen LogP contribution < -0.4 is 11.0 Å². The number of aromatic nitrogens is 3. The highest BCUT2D eigenvalue weighted by Gasteiger charge is 2.19. The van der Waals surface area contributed by atoms with Crippen molar-refractivity contribution in [3.05, 3.63) is 85.7 Å². The first kappa shape index (κ1) is 21.7. The number of hydrogen-bond acceptors (Lipinski definition) is 5. The molecule has 0 fully saturated rings. The molecule has 4 rings (SSSR count). The van der Waals surface area contributed by atoms with Gasteiger partial charge in [0.15, 0.2) is 5.49 Å². The predicted octanol–water partition coefficient (Wildman–Crippen LogP) is 3.41. The third kappa shape index (κ3) is 3.79. The van der Waals surface area contributed by atoms with Crippen molar-refractivity contribution in [2.45, 2.75) is 6.92 Å². The summed E-state index contributed by atoms with van der Waals surface area (Å²) >= 11 is 12.0. The van der Waals surface area contributed by atoms with Crippen molar-refractivity contribution < 1.29 is 14.3 Å². The zero-order valence-electron chi connectivity index (χ0n) is 17.0. The van der Waals surface area contributed by atoms with E-state index in [1.54, 1.807) is 38.4 Å². The summed E-state index contributed by atoms with van der Waals surface area (Å²) in [4.78, 5) is 47.3. The Kier molecular flexibility index (Phi) is 5.82. The second-order valence-corrected chi connectivity index (χ2v) is 7.63. The standard InChI is InChI=1S/C22H16Cl2N4O4/c1-3-32-22(31)15-11-14-18(25-17-6-4-5-9-28(17)21(14)30)27(2)19(15)26-20(29)13-8-7-12(23)10-16(13)24/h4-11H,3H2,1-2H3.